The fourth-order valence-corrected chi connectivity index (χ4v) is 3.37. The highest BCUT2D eigenvalue weighted by atomic mass is 32.2. The van der Waals surface area contributed by atoms with Gasteiger partial charge < -0.3 is 9.64 Å². The Bertz CT molecular complexity index is 347. The average molecular weight is 264 g/mol. The van der Waals surface area contributed by atoms with E-state index >= 15 is 0 Å². The van der Waals surface area contributed by atoms with Gasteiger partial charge in [0, 0.05) is 26.2 Å². The van der Waals surface area contributed by atoms with Crippen molar-refractivity contribution in [3.05, 3.63) is 0 Å². The van der Waals surface area contributed by atoms with Crippen molar-refractivity contribution < 1.29 is 17.9 Å². The maximum Gasteiger partial charge on any atom is 0.409 e. The summed E-state index contributed by atoms with van der Waals surface area (Å²) in [5.74, 6) is 0.196. The zero-order chi connectivity index (χ0) is 12.9. The number of amides is 1. The van der Waals surface area contributed by atoms with Crippen molar-refractivity contribution in [3.63, 3.8) is 0 Å². The number of methoxy groups -OCH3 is 1. The summed E-state index contributed by atoms with van der Waals surface area (Å²) in [5, 5.41) is 0. The maximum atomic E-state index is 11.9. The highest BCUT2D eigenvalue weighted by molar-refractivity contribution is 7.89. The molecule has 1 aliphatic heterocycles. The van der Waals surface area contributed by atoms with E-state index in [1.807, 2.05) is 6.92 Å². The van der Waals surface area contributed by atoms with Crippen LogP contribution in [0.3, 0.4) is 0 Å². The smallest absolute Gasteiger partial charge is 0.409 e. The maximum absolute atomic E-state index is 11.9. The van der Waals surface area contributed by atoms with Crippen LogP contribution in [0.15, 0.2) is 0 Å². The van der Waals surface area contributed by atoms with E-state index in [-0.39, 0.29) is 5.75 Å². The average Bonchev–Trinajstić information content (AvgIpc) is 2.35. The Morgan fingerprint density at radius 3 is 2.29 bits per heavy atom. The molecule has 1 rings (SSSR count). The van der Waals surface area contributed by atoms with E-state index in [2.05, 4.69) is 4.74 Å². The number of ether oxygens (including phenoxy) is 1. The monoisotopic (exact) mass is 264 g/mol. The van der Waals surface area contributed by atoms with Gasteiger partial charge in [-0.15, -0.1) is 0 Å². The molecule has 100 valence electrons. The Balaban J connectivity index is 2.49. The minimum Gasteiger partial charge on any atom is -0.453 e. The van der Waals surface area contributed by atoms with Gasteiger partial charge in [0.1, 0.15) is 0 Å². The standard InChI is InChI=1S/C10H20N2O4S/c1-3-4-9-17(14,15)12-7-5-11(6-8-12)10(13)16-2/h3-9H2,1-2H3. The minimum absolute atomic E-state index is 0.196. The molecular weight excluding hydrogens is 244 g/mol. The molecule has 0 bridgehead atoms. The minimum atomic E-state index is -3.15. The number of carbonyl (C=O) groups is 1. The van der Waals surface area contributed by atoms with E-state index in [4.69, 9.17) is 0 Å². The Kier molecular flexibility index (Phi) is 5.20. The highest BCUT2D eigenvalue weighted by Crippen LogP contribution is 2.10. The summed E-state index contributed by atoms with van der Waals surface area (Å²) < 4.78 is 29.8. The molecule has 0 aromatic heterocycles. The quantitative estimate of drug-likeness (QED) is 0.741. The molecule has 0 aliphatic carbocycles. The van der Waals surface area contributed by atoms with Gasteiger partial charge in [-0.1, -0.05) is 13.3 Å². The van der Waals surface area contributed by atoms with Crippen molar-refractivity contribution in [1.82, 2.24) is 9.21 Å². The molecule has 1 heterocycles. The lowest BCUT2D eigenvalue weighted by Crippen LogP contribution is -2.51. The first-order valence-corrected chi connectivity index (χ1v) is 7.43. The van der Waals surface area contributed by atoms with Crippen molar-refractivity contribution in [2.75, 3.05) is 39.0 Å². The molecule has 0 spiro atoms. The summed E-state index contributed by atoms with van der Waals surface area (Å²) in [6.45, 7) is 3.49. The fourth-order valence-electron chi connectivity index (χ4n) is 1.73. The highest BCUT2D eigenvalue weighted by Gasteiger charge is 2.28. The largest absolute Gasteiger partial charge is 0.453 e. The first kappa shape index (κ1) is 14.2. The van der Waals surface area contributed by atoms with Crippen LogP contribution < -0.4 is 0 Å². The Labute approximate surface area is 103 Å². The molecule has 0 aromatic carbocycles. The van der Waals surface area contributed by atoms with E-state index in [9.17, 15) is 13.2 Å². The normalized spacial score (nSPS) is 18.1. The van der Waals surface area contributed by atoms with Gasteiger partial charge in [-0.3, -0.25) is 0 Å². The van der Waals surface area contributed by atoms with Crippen molar-refractivity contribution >= 4 is 16.1 Å². The lowest BCUT2D eigenvalue weighted by Gasteiger charge is -2.33. The molecule has 1 saturated heterocycles. The number of carbonyl (C=O) groups excluding carboxylic acids is 1. The number of piperazine rings is 1. The van der Waals surface area contributed by atoms with Crippen LogP contribution in [0, 0.1) is 0 Å². The second-order valence-electron chi connectivity index (χ2n) is 4.03. The van der Waals surface area contributed by atoms with Gasteiger partial charge in [0.2, 0.25) is 10.0 Å². The molecule has 17 heavy (non-hydrogen) atoms. The summed E-state index contributed by atoms with van der Waals surface area (Å²) in [6, 6.07) is 0. The summed E-state index contributed by atoms with van der Waals surface area (Å²) in [6.07, 6.45) is 1.15. The molecule has 1 aliphatic rings. The number of hydrogen-bond acceptors (Lipinski definition) is 4. The van der Waals surface area contributed by atoms with E-state index in [1.54, 1.807) is 0 Å². The van der Waals surface area contributed by atoms with Crippen molar-refractivity contribution in [1.29, 1.82) is 0 Å². The third kappa shape index (κ3) is 3.85. The topological polar surface area (TPSA) is 66.9 Å². The molecule has 0 radical (unpaired) electrons. The molecule has 1 fully saturated rings. The van der Waals surface area contributed by atoms with Crippen LogP contribution in [-0.4, -0.2) is 62.8 Å². The van der Waals surface area contributed by atoms with Gasteiger partial charge in [0.15, 0.2) is 0 Å². The van der Waals surface area contributed by atoms with E-state index in [0.717, 1.165) is 6.42 Å². The molecule has 6 nitrogen and oxygen atoms in total. The zero-order valence-electron chi connectivity index (χ0n) is 10.4. The predicted octanol–water partition coefficient (Wildman–Crippen LogP) is 0.500. The molecule has 0 saturated carbocycles. The molecular formula is C10H20N2O4S. The SMILES string of the molecule is CCCCS(=O)(=O)N1CCN(C(=O)OC)CC1. The van der Waals surface area contributed by atoms with Crippen molar-refractivity contribution in [3.8, 4) is 0 Å². The fraction of sp³-hybridized carbons (Fsp3) is 0.900. The van der Waals surface area contributed by atoms with E-state index in [1.165, 1.54) is 16.3 Å². The summed E-state index contributed by atoms with van der Waals surface area (Å²) in [4.78, 5) is 12.8. The third-order valence-corrected chi connectivity index (χ3v) is 4.78. The second-order valence-corrected chi connectivity index (χ2v) is 6.11. The van der Waals surface area contributed by atoms with Gasteiger partial charge in [0.05, 0.1) is 12.9 Å². The van der Waals surface area contributed by atoms with Crippen LogP contribution in [0.2, 0.25) is 0 Å². The number of rotatable bonds is 4. The summed E-state index contributed by atoms with van der Waals surface area (Å²) in [5.41, 5.74) is 0. The van der Waals surface area contributed by atoms with Crippen molar-refractivity contribution in [2.45, 2.75) is 19.8 Å². The Hall–Kier alpha value is -0.820. The Morgan fingerprint density at radius 1 is 1.24 bits per heavy atom. The van der Waals surface area contributed by atoms with Gasteiger partial charge in [-0.05, 0) is 6.42 Å². The van der Waals surface area contributed by atoms with Crippen LogP contribution in [0.4, 0.5) is 4.79 Å². The molecule has 0 N–H and O–H groups in total. The van der Waals surface area contributed by atoms with Gasteiger partial charge in [0.25, 0.3) is 0 Å². The zero-order valence-corrected chi connectivity index (χ0v) is 11.2. The van der Waals surface area contributed by atoms with Gasteiger partial charge in [-0.25, -0.2) is 13.2 Å². The van der Waals surface area contributed by atoms with Crippen molar-refractivity contribution in [2.24, 2.45) is 0 Å². The lowest BCUT2D eigenvalue weighted by molar-refractivity contribution is 0.108. The van der Waals surface area contributed by atoms with Gasteiger partial charge in [-0.2, -0.15) is 4.31 Å². The van der Waals surface area contributed by atoms with Crippen LogP contribution in [0.1, 0.15) is 19.8 Å². The first-order valence-electron chi connectivity index (χ1n) is 5.82. The molecule has 0 unspecified atom stereocenters. The molecule has 0 aromatic rings. The molecule has 1 amide bonds. The summed E-state index contributed by atoms with van der Waals surface area (Å²) >= 11 is 0. The van der Waals surface area contributed by atoms with Crippen LogP contribution in [0.5, 0.6) is 0 Å². The lowest BCUT2D eigenvalue weighted by atomic mass is 10.4. The third-order valence-electron chi connectivity index (χ3n) is 2.82. The van der Waals surface area contributed by atoms with E-state index in [0.29, 0.717) is 32.6 Å². The van der Waals surface area contributed by atoms with Gasteiger partial charge >= 0.3 is 6.09 Å². The number of hydrogen-bond donors (Lipinski definition) is 0. The number of nitrogens with zero attached hydrogens (tertiary/aromatic N) is 2. The number of unbranched alkanes of at least 4 members (excludes halogenated alkanes) is 1. The summed E-state index contributed by atoms with van der Waals surface area (Å²) in [7, 11) is -1.82. The van der Waals surface area contributed by atoms with Crippen LogP contribution in [0.25, 0.3) is 0 Å². The van der Waals surface area contributed by atoms with Crippen LogP contribution >= 0.6 is 0 Å². The molecule has 7 heteroatoms. The van der Waals surface area contributed by atoms with E-state index < -0.39 is 16.1 Å². The first-order chi connectivity index (χ1) is 8.01. The predicted molar refractivity (Wildman–Crippen MR) is 64.2 cm³/mol. The van der Waals surface area contributed by atoms with Crippen LogP contribution in [-0.2, 0) is 14.8 Å². The second kappa shape index (κ2) is 6.20. The molecule has 0 atom stereocenters. The number of sulfonamides is 1. The Morgan fingerprint density at radius 2 is 1.82 bits per heavy atom.